The third-order valence-electron chi connectivity index (χ3n) is 4.58. The Balaban J connectivity index is 0.00000392. The summed E-state index contributed by atoms with van der Waals surface area (Å²) in [7, 11) is 1.77. The molecule has 7 nitrogen and oxygen atoms in total. The predicted octanol–water partition coefficient (Wildman–Crippen LogP) is 2.80. The van der Waals surface area contributed by atoms with Crippen molar-refractivity contribution < 1.29 is 9.53 Å². The topological polar surface area (TPSA) is 78.9 Å². The fourth-order valence-electron chi connectivity index (χ4n) is 2.99. The minimum absolute atomic E-state index is 0. The summed E-state index contributed by atoms with van der Waals surface area (Å²) in [6.45, 7) is 8.91. The standard InChI is InChI=1S/C20H33N5O2.HI/c1-5-12-27-18-7-6-16(13-22-18)14-23-20(21-4)24-17-8-10-25(11-9-17)19(26)15(2)3;/h6-7,13,15,17H,5,8-12,14H2,1-4H3,(H2,21,23,24);1H. The van der Waals surface area contributed by atoms with Crippen molar-refractivity contribution in [2.24, 2.45) is 10.9 Å². The Morgan fingerprint density at radius 3 is 2.61 bits per heavy atom. The smallest absolute Gasteiger partial charge is 0.225 e. The third kappa shape index (κ3) is 7.81. The van der Waals surface area contributed by atoms with E-state index in [0.29, 0.717) is 25.1 Å². The maximum Gasteiger partial charge on any atom is 0.225 e. The fourth-order valence-corrected chi connectivity index (χ4v) is 2.99. The Bertz CT molecular complexity index is 614. The van der Waals surface area contributed by atoms with Gasteiger partial charge in [-0.05, 0) is 24.8 Å². The second kappa shape index (κ2) is 12.8. The lowest BCUT2D eigenvalue weighted by molar-refractivity contribution is -0.135. The van der Waals surface area contributed by atoms with Gasteiger partial charge >= 0.3 is 0 Å². The minimum Gasteiger partial charge on any atom is -0.478 e. The second-order valence-electron chi connectivity index (χ2n) is 7.18. The van der Waals surface area contributed by atoms with Crippen LogP contribution in [0.15, 0.2) is 23.3 Å². The molecule has 1 aromatic heterocycles. The summed E-state index contributed by atoms with van der Waals surface area (Å²) in [6, 6.07) is 4.23. The highest BCUT2D eigenvalue weighted by Gasteiger charge is 2.24. The molecule has 2 rings (SSSR count). The van der Waals surface area contributed by atoms with E-state index < -0.39 is 0 Å². The third-order valence-corrected chi connectivity index (χ3v) is 4.58. The number of guanidine groups is 1. The zero-order chi connectivity index (χ0) is 19.6. The number of aromatic nitrogens is 1. The van der Waals surface area contributed by atoms with Gasteiger partial charge in [0.1, 0.15) is 0 Å². The molecule has 1 aliphatic heterocycles. The highest BCUT2D eigenvalue weighted by molar-refractivity contribution is 14.0. The fraction of sp³-hybridized carbons (Fsp3) is 0.650. The molecule has 0 spiro atoms. The Hall–Kier alpha value is -1.58. The van der Waals surface area contributed by atoms with E-state index >= 15 is 0 Å². The van der Waals surface area contributed by atoms with Crippen LogP contribution in [0, 0.1) is 5.92 Å². The van der Waals surface area contributed by atoms with Crippen molar-refractivity contribution in [2.45, 2.75) is 52.6 Å². The van der Waals surface area contributed by atoms with Crippen LogP contribution < -0.4 is 15.4 Å². The molecule has 158 valence electrons. The molecule has 0 aliphatic carbocycles. The number of hydrogen-bond acceptors (Lipinski definition) is 4. The van der Waals surface area contributed by atoms with E-state index in [0.717, 1.165) is 43.9 Å². The summed E-state index contributed by atoms with van der Waals surface area (Å²) in [5.41, 5.74) is 1.07. The number of nitrogens with one attached hydrogen (secondary N) is 2. The van der Waals surface area contributed by atoms with E-state index in [1.165, 1.54) is 0 Å². The molecule has 1 saturated heterocycles. The second-order valence-corrected chi connectivity index (χ2v) is 7.18. The van der Waals surface area contributed by atoms with Crippen LogP contribution in [0.1, 0.15) is 45.6 Å². The average molecular weight is 503 g/mol. The number of pyridine rings is 1. The van der Waals surface area contributed by atoms with Crippen molar-refractivity contribution in [1.29, 1.82) is 0 Å². The van der Waals surface area contributed by atoms with Gasteiger partial charge in [-0.15, -0.1) is 24.0 Å². The molecule has 28 heavy (non-hydrogen) atoms. The van der Waals surface area contributed by atoms with Crippen LogP contribution in [-0.2, 0) is 11.3 Å². The van der Waals surface area contributed by atoms with Gasteiger partial charge in [0.15, 0.2) is 5.96 Å². The normalized spacial score (nSPS) is 15.2. The van der Waals surface area contributed by atoms with Crippen LogP contribution in [0.3, 0.4) is 0 Å². The van der Waals surface area contributed by atoms with Crippen molar-refractivity contribution in [1.82, 2.24) is 20.5 Å². The van der Waals surface area contributed by atoms with Crippen molar-refractivity contribution in [2.75, 3.05) is 26.7 Å². The van der Waals surface area contributed by atoms with Crippen LogP contribution in [-0.4, -0.2) is 54.5 Å². The van der Waals surface area contributed by atoms with Gasteiger partial charge in [-0.2, -0.15) is 0 Å². The van der Waals surface area contributed by atoms with E-state index in [1.54, 1.807) is 7.05 Å². The molecule has 1 aliphatic rings. The molecule has 0 atom stereocenters. The molecule has 1 fully saturated rings. The van der Waals surface area contributed by atoms with Gasteiger partial charge in [-0.1, -0.05) is 26.8 Å². The van der Waals surface area contributed by atoms with Crippen LogP contribution in [0.25, 0.3) is 0 Å². The first-order chi connectivity index (χ1) is 13.0. The molecule has 1 amide bonds. The molecule has 8 heteroatoms. The van der Waals surface area contributed by atoms with Gasteiger partial charge in [-0.3, -0.25) is 9.79 Å². The van der Waals surface area contributed by atoms with Crippen LogP contribution >= 0.6 is 24.0 Å². The molecule has 0 bridgehead atoms. The maximum absolute atomic E-state index is 12.1. The summed E-state index contributed by atoms with van der Waals surface area (Å²) in [5, 5.41) is 6.79. The van der Waals surface area contributed by atoms with Gasteiger partial charge in [0, 0.05) is 50.9 Å². The van der Waals surface area contributed by atoms with E-state index in [4.69, 9.17) is 4.74 Å². The number of likely N-dealkylation sites (tertiary alicyclic amines) is 1. The Kier molecular flexibility index (Phi) is 11.2. The molecule has 2 N–H and O–H groups in total. The Morgan fingerprint density at radius 2 is 2.07 bits per heavy atom. The van der Waals surface area contributed by atoms with Gasteiger partial charge < -0.3 is 20.3 Å². The molecule has 0 unspecified atom stereocenters. The van der Waals surface area contributed by atoms with Crippen molar-refractivity contribution in [3.63, 3.8) is 0 Å². The highest BCUT2D eigenvalue weighted by Crippen LogP contribution is 2.13. The molecule has 1 aromatic rings. The summed E-state index contributed by atoms with van der Waals surface area (Å²) in [5.74, 6) is 1.74. The highest BCUT2D eigenvalue weighted by atomic mass is 127. The summed E-state index contributed by atoms with van der Waals surface area (Å²) in [6.07, 6.45) is 4.66. The molecule has 0 saturated carbocycles. The van der Waals surface area contributed by atoms with E-state index in [9.17, 15) is 4.79 Å². The quantitative estimate of drug-likeness (QED) is 0.340. The zero-order valence-corrected chi connectivity index (χ0v) is 19.7. The number of amides is 1. The lowest BCUT2D eigenvalue weighted by atomic mass is 10.0. The molecule has 0 aromatic carbocycles. The first-order valence-electron chi connectivity index (χ1n) is 9.87. The maximum atomic E-state index is 12.1. The number of carbonyl (C=O) groups is 1. The zero-order valence-electron chi connectivity index (χ0n) is 17.4. The lowest BCUT2D eigenvalue weighted by Crippen LogP contribution is -2.50. The van der Waals surface area contributed by atoms with Crippen molar-refractivity contribution >= 4 is 35.8 Å². The van der Waals surface area contributed by atoms with Crippen LogP contribution in [0.5, 0.6) is 5.88 Å². The predicted molar refractivity (Wildman–Crippen MR) is 123 cm³/mol. The average Bonchev–Trinajstić information content (AvgIpc) is 2.70. The largest absolute Gasteiger partial charge is 0.478 e. The van der Waals surface area contributed by atoms with Crippen molar-refractivity contribution in [3.05, 3.63) is 23.9 Å². The Labute approximate surface area is 185 Å². The van der Waals surface area contributed by atoms with Gasteiger partial charge in [0.2, 0.25) is 11.8 Å². The van der Waals surface area contributed by atoms with Gasteiger partial charge in [0.05, 0.1) is 6.61 Å². The first kappa shape index (κ1) is 24.5. The molecule has 2 heterocycles. The minimum atomic E-state index is 0. The number of rotatable bonds is 7. The van der Waals surface area contributed by atoms with Gasteiger partial charge in [-0.25, -0.2) is 4.98 Å². The van der Waals surface area contributed by atoms with Crippen LogP contribution in [0.4, 0.5) is 0 Å². The molecule has 0 radical (unpaired) electrons. The first-order valence-corrected chi connectivity index (χ1v) is 9.87. The van der Waals surface area contributed by atoms with E-state index in [-0.39, 0.29) is 35.8 Å². The van der Waals surface area contributed by atoms with Crippen LogP contribution in [0.2, 0.25) is 0 Å². The monoisotopic (exact) mass is 503 g/mol. The van der Waals surface area contributed by atoms with Gasteiger partial charge in [0.25, 0.3) is 0 Å². The summed E-state index contributed by atoms with van der Waals surface area (Å²) in [4.78, 5) is 22.7. The number of piperidine rings is 1. The van der Waals surface area contributed by atoms with Crippen molar-refractivity contribution in [3.8, 4) is 5.88 Å². The lowest BCUT2D eigenvalue weighted by Gasteiger charge is -2.34. The number of hydrogen-bond donors (Lipinski definition) is 2. The number of ether oxygens (including phenoxy) is 1. The molecular formula is C20H34IN5O2. The summed E-state index contributed by atoms with van der Waals surface area (Å²) < 4.78 is 5.50. The Morgan fingerprint density at radius 1 is 1.36 bits per heavy atom. The number of aliphatic imine (C=N–C) groups is 1. The number of carbonyl (C=O) groups excluding carboxylic acids is 1. The molecular weight excluding hydrogens is 469 g/mol. The number of nitrogens with zero attached hydrogens (tertiary/aromatic N) is 3. The SMILES string of the molecule is CCCOc1ccc(CNC(=NC)NC2CCN(C(=O)C(C)C)CC2)cn1.I. The summed E-state index contributed by atoms with van der Waals surface area (Å²) >= 11 is 0. The van der Waals surface area contributed by atoms with E-state index in [1.807, 2.05) is 37.1 Å². The number of halogens is 1. The van der Waals surface area contributed by atoms with E-state index in [2.05, 4.69) is 27.5 Å².